The Morgan fingerprint density at radius 1 is 1.41 bits per heavy atom. The third kappa shape index (κ3) is 3.57. The highest BCUT2D eigenvalue weighted by molar-refractivity contribution is 9.10. The molecule has 0 bridgehead atoms. The summed E-state index contributed by atoms with van der Waals surface area (Å²) in [4.78, 5) is 7.19. The fourth-order valence-electron chi connectivity index (χ4n) is 1.56. The van der Waals surface area contributed by atoms with Gasteiger partial charge in [-0.3, -0.25) is 0 Å². The smallest absolute Gasteiger partial charge is 0.120 e. The van der Waals surface area contributed by atoms with E-state index in [-0.39, 0.29) is 0 Å². The molecule has 0 amide bonds. The highest BCUT2D eigenvalue weighted by Crippen LogP contribution is 2.21. The van der Waals surface area contributed by atoms with Crippen LogP contribution in [0.5, 0.6) is 5.75 Å². The van der Waals surface area contributed by atoms with Crippen LogP contribution in [0.2, 0.25) is 0 Å². The fourth-order valence-corrected chi connectivity index (χ4v) is 1.97. The molecule has 0 aliphatic rings. The summed E-state index contributed by atoms with van der Waals surface area (Å²) >= 11 is 3.38. The molecule has 2 rings (SSSR count). The zero-order valence-electron chi connectivity index (χ0n) is 9.28. The highest BCUT2D eigenvalue weighted by atomic mass is 79.9. The first-order chi connectivity index (χ1) is 8.25. The molecule has 0 atom stereocenters. The number of imidazole rings is 1. The maximum absolute atomic E-state index is 9.64. The van der Waals surface area contributed by atoms with Crippen molar-refractivity contribution in [2.45, 2.75) is 13.0 Å². The van der Waals surface area contributed by atoms with Crippen molar-refractivity contribution >= 4 is 15.9 Å². The van der Waals surface area contributed by atoms with Gasteiger partial charge in [-0.2, -0.15) is 0 Å². The van der Waals surface area contributed by atoms with Crippen LogP contribution in [0, 0.1) is 0 Å². The molecule has 0 spiro atoms. The summed E-state index contributed by atoms with van der Waals surface area (Å²) in [6, 6.07) is 5.42. The average molecular weight is 296 g/mol. The quantitative estimate of drug-likeness (QED) is 0.741. The van der Waals surface area contributed by atoms with Crippen LogP contribution in [0.1, 0.15) is 11.4 Å². The van der Waals surface area contributed by atoms with Crippen molar-refractivity contribution in [3.05, 3.63) is 46.5 Å². The van der Waals surface area contributed by atoms with E-state index in [0.29, 0.717) is 12.3 Å². The number of aromatic nitrogens is 2. The van der Waals surface area contributed by atoms with Crippen LogP contribution in [0.15, 0.2) is 35.1 Å². The summed E-state index contributed by atoms with van der Waals surface area (Å²) in [6.45, 7) is 1.46. The number of aromatic hydroxyl groups is 1. The maximum Gasteiger partial charge on any atom is 0.120 e. The van der Waals surface area contributed by atoms with Crippen LogP contribution in [0.25, 0.3) is 0 Å². The molecular weight excluding hydrogens is 282 g/mol. The molecule has 0 saturated heterocycles. The van der Waals surface area contributed by atoms with Gasteiger partial charge in [-0.15, -0.1) is 0 Å². The predicted octanol–water partition coefficient (Wildman–Crippen LogP) is 2.21. The Kier molecular flexibility index (Phi) is 4.17. The Morgan fingerprint density at radius 3 is 3.06 bits per heavy atom. The first-order valence-corrected chi connectivity index (χ1v) is 6.21. The normalized spacial score (nSPS) is 10.6. The zero-order valence-corrected chi connectivity index (χ0v) is 10.9. The molecule has 17 heavy (non-hydrogen) atoms. The van der Waals surface area contributed by atoms with E-state index in [4.69, 9.17) is 0 Å². The van der Waals surface area contributed by atoms with Crippen molar-refractivity contribution in [1.82, 2.24) is 15.3 Å². The second kappa shape index (κ2) is 5.84. The van der Waals surface area contributed by atoms with E-state index in [9.17, 15) is 5.11 Å². The number of aromatic amines is 1. The van der Waals surface area contributed by atoms with E-state index in [1.807, 2.05) is 18.3 Å². The lowest BCUT2D eigenvalue weighted by Gasteiger charge is -2.06. The topological polar surface area (TPSA) is 60.9 Å². The fraction of sp³-hybridized carbons (Fsp3) is 0.250. The van der Waals surface area contributed by atoms with Gasteiger partial charge in [-0.25, -0.2) is 4.98 Å². The molecular formula is C12H14BrN3O. The lowest BCUT2D eigenvalue weighted by Crippen LogP contribution is -2.17. The number of H-pyrrole nitrogens is 1. The molecule has 3 N–H and O–H groups in total. The van der Waals surface area contributed by atoms with Crippen molar-refractivity contribution in [2.75, 3.05) is 6.54 Å². The van der Waals surface area contributed by atoms with Gasteiger partial charge in [-0.05, 0) is 18.2 Å². The molecule has 0 fully saturated rings. The van der Waals surface area contributed by atoms with E-state index in [2.05, 4.69) is 31.2 Å². The number of nitrogens with one attached hydrogen (secondary N) is 2. The molecule has 90 valence electrons. The van der Waals surface area contributed by atoms with E-state index in [1.54, 1.807) is 12.3 Å². The molecule has 1 aromatic heterocycles. The van der Waals surface area contributed by atoms with Gasteiger partial charge in [0.25, 0.3) is 0 Å². The van der Waals surface area contributed by atoms with Gasteiger partial charge < -0.3 is 15.4 Å². The van der Waals surface area contributed by atoms with Gasteiger partial charge in [0, 0.05) is 41.9 Å². The van der Waals surface area contributed by atoms with E-state index >= 15 is 0 Å². The number of hydrogen-bond acceptors (Lipinski definition) is 3. The van der Waals surface area contributed by atoms with Crippen molar-refractivity contribution in [2.24, 2.45) is 0 Å². The number of rotatable bonds is 5. The number of hydrogen-bond donors (Lipinski definition) is 3. The molecule has 1 heterocycles. The Labute approximate surface area is 108 Å². The minimum absolute atomic E-state index is 0.318. The van der Waals surface area contributed by atoms with Crippen LogP contribution in [0.3, 0.4) is 0 Å². The summed E-state index contributed by atoms with van der Waals surface area (Å²) in [5.74, 6) is 1.29. The first kappa shape index (κ1) is 12.1. The van der Waals surface area contributed by atoms with Crippen LogP contribution in [-0.2, 0) is 13.0 Å². The van der Waals surface area contributed by atoms with Crippen molar-refractivity contribution in [3.63, 3.8) is 0 Å². The molecule has 5 heteroatoms. The second-order valence-corrected chi connectivity index (χ2v) is 4.65. The number of halogens is 1. The molecule has 2 aromatic rings. The molecule has 0 aliphatic carbocycles. The SMILES string of the molecule is Oc1ccc(Br)cc1CNCCc1ncc[nH]1. The molecule has 0 saturated carbocycles. The molecule has 0 unspecified atom stereocenters. The first-order valence-electron chi connectivity index (χ1n) is 5.42. The van der Waals surface area contributed by atoms with Gasteiger partial charge in [0.15, 0.2) is 0 Å². The minimum atomic E-state index is 0.318. The summed E-state index contributed by atoms with van der Waals surface area (Å²) < 4.78 is 0.970. The largest absolute Gasteiger partial charge is 0.508 e. The van der Waals surface area contributed by atoms with Crippen LogP contribution >= 0.6 is 15.9 Å². The minimum Gasteiger partial charge on any atom is -0.508 e. The Morgan fingerprint density at radius 2 is 2.29 bits per heavy atom. The third-order valence-corrected chi connectivity index (χ3v) is 2.94. The zero-order chi connectivity index (χ0) is 12.1. The van der Waals surface area contributed by atoms with E-state index in [1.165, 1.54) is 0 Å². The second-order valence-electron chi connectivity index (χ2n) is 3.74. The van der Waals surface area contributed by atoms with Crippen molar-refractivity contribution < 1.29 is 5.11 Å². The maximum atomic E-state index is 9.64. The lowest BCUT2D eigenvalue weighted by molar-refractivity contribution is 0.464. The molecule has 4 nitrogen and oxygen atoms in total. The molecule has 1 aromatic carbocycles. The number of nitrogens with zero attached hydrogens (tertiary/aromatic N) is 1. The Balaban J connectivity index is 1.80. The average Bonchev–Trinajstić information content (AvgIpc) is 2.82. The number of benzene rings is 1. The molecule has 0 aliphatic heterocycles. The lowest BCUT2D eigenvalue weighted by atomic mass is 10.2. The Hall–Kier alpha value is -1.33. The van der Waals surface area contributed by atoms with E-state index < -0.39 is 0 Å². The predicted molar refractivity (Wildman–Crippen MR) is 69.8 cm³/mol. The van der Waals surface area contributed by atoms with Gasteiger partial charge in [-0.1, -0.05) is 15.9 Å². The highest BCUT2D eigenvalue weighted by Gasteiger charge is 2.01. The van der Waals surface area contributed by atoms with Gasteiger partial charge in [0.05, 0.1) is 0 Å². The standard InChI is InChI=1S/C12H14BrN3O/c13-10-1-2-11(17)9(7-10)8-14-4-3-12-15-5-6-16-12/h1-2,5-7,14,17H,3-4,8H2,(H,15,16). The third-order valence-electron chi connectivity index (χ3n) is 2.45. The Bertz CT molecular complexity index is 471. The van der Waals surface area contributed by atoms with Crippen LogP contribution < -0.4 is 5.32 Å². The van der Waals surface area contributed by atoms with Gasteiger partial charge in [0.1, 0.15) is 11.6 Å². The monoisotopic (exact) mass is 295 g/mol. The van der Waals surface area contributed by atoms with Crippen LogP contribution in [0.4, 0.5) is 0 Å². The van der Waals surface area contributed by atoms with Gasteiger partial charge in [0.2, 0.25) is 0 Å². The summed E-state index contributed by atoms with van der Waals surface area (Å²) in [6.07, 6.45) is 4.41. The van der Waals surface area contributed by atoms with Crippen molar-refractivity contribution in [3.8, 4) is 5.75 Å². The molecule has 0 radical (unpaired) electrons. The van der Waals surface area contributed by atoms with Crippen molar-refractivity contribution in [1.29, 1.82) is 0 Å². The summed E-state index contributed by atoms with van der Waals surface area (Å²) in [5.41, 5.74) is 0.888. The van der Waals surface area contributed by atoms with Gasteiger partial charge >= 0.3 is 0 Å². The summed E-state index contributed by atoms with van der Waals surface area (Å²) in [5, 5.41) is 12.9. The number of phenols is 1. The van der Waals surface area contributed by atoms with Crippen LogP contribution in [-0.4, -0.2) is 21.6 Å². The summed E-state index contributed by atoms with van der Waals surface area (Å²) in [7, 11) is 0. The van der Waals surface area contributed by atoms with E-state index in [0.717, 1.165) is 28.8 Å². The number of phenolic OH excluding ortho intramolecular Hbond substituents is 1.